The zero-order valence-electron chi connectivity index (χ0n) is 11.9. The molecule has 0 bridgehead atoms. The highest BCUT2D eigenvalue weighted by molar-refractivity contribution is 5.94. The fraction of sp³-hybridized carbons (Fsp3) is 0.294. The van der Waals surface area contributed by atoms with Crippen molar-refractivity contribution in [2.75, 3.05) is 5.32 Å². The van der Waals surface area contributed by atoms with Crippen LogP contribution < -0.4 is 10.6 Å². The van der Waals surface area contributed by atoms with Crippen molar-refractivity contribution in [3.05, 3.63) is 59.9 Å². The van der Waals surface area contributed by atoms with Crippen LogP contribution in [0.5, 0.6) is 0 Å². The summed E-state index contributed by atoms with van der Waals surface area (Å²) in [6.07, 6.45) is 3.85. The molecule has 0 aliphatic heterocycles. The van der Waals surface area contributed by atoms with Gasteiger partial charge < -0.3 is 10.6 Å². The molecular weight excluding hydrogens is 262 g/mol. The largest absolute Gasteiger partial charge is 0.326 e. The maximum atomic E-state index is 11.8. The van der Waals surface area contributed by atoms with Crippen LogP contribution >= 0.6 is 0 Å². The molecule has 1 amide bonds. The highest BCUT2D eigenvalue weighted by Crippen LogP contribution is 2.30. The average Bonchev–Trinajstić information content (AvgIpc) is 3.33. The van der Waals surface area contributed by atoms with Gasteiger partial charge in [0.2, 0.25) is 5.91 Å². The van der Waals surface area contributed by atoms with Crippen LogP contribution in [0, 0.1) is 5.92 Å². The van der Waals surface area contributed by atoms with Crippen molar-refractivity contribution in [3.63, 3.8) is 0 Å². The van der Waals surface area contributed by atoms with Crippen molar-refractivity contribution < 1.29 is 4.79 Å². The summed E-state index contributed by atoms with van der Waals surface area (Å²) < 4.78 is 0. The molecule has 4 heteroatoms. The Bertz CT molecular complexity index is 608. The van der Waals surface area contributed by atoms with Gasteiger partial charge in [0, 0.05) is 30.9 Å². The molecule has 2 N–H and O–H groups in total. The molecule has 2 aromatic rings. The van der Waals surface area contributed by atoms with Gasteiger partial charge >= 0.3 is 0 Å². The minimum Gasteiger partial charge on any atom is -0.326 e. The molecule has 1 fully saturated rings. The van der Waals surface area contributed by atoms with Crippen molar-refractivity contribution in [2.24, 2.45) is 5.92 Å². The number of carbonyl (C=O) groups excluding carboxylic acids is 1. The number of aromatic nitrogens is 1. The van der Waals surface area contributed by atoms with Gasteiger partial charge in [-0.2, -0.15) is 0 Å². The quantitative estimate of drug-likeness (QED) is 0.856. The molecule has 0 radical (unpaired) electrons. The first-order valence-corrected chi connectivity index (χ1v) is 7.32. The molecule has 108 valence electrons. The van der Waals surface area contributed by atoms with Crippen LogP contribution in [0.25, 0.3) is 0 Å². The molecule has 0 saturated heterocycles. The van der Waals surface area contributed by atoms with E-state index in [2.05, 4.69) is 21.7 Å². The second kappa shape index (κ2) is 6.50. The normalized spacial score (nSPS) is 13.9. The zero-order valence-corrected chi connectivity index (χ0v) is 11.9. The molecule has 21 heavy (non-hydrogen) atoms. The van der Waals surface area contributed by atoms with Crippen molar-refractivity contribution in [3.8, 4) is 0 Å². The molecule has 1 aromatic heterocycles. The number of anilines is 1. The molecule has 1 heterocycles. The van der Waals surface area contributed by atoms with Crippen molar-refractivity contribution in [1.29, 1.82) is 0 Å². The first kappa shape index (κ1) is 13.8. The van der Waals surface area contributed by atoms with Crippen LogP contribution in [0.15, 0.2) is 48.7 Å². The van der Waals surface area contributed by atoms with E-state index in [0.717, 1.165) is 42.9 Å². The van der Waals surface area contributed by atoms with Crippen LogP contribution in [0.3, 0.4) is 0 Å². The van der Waals surface area contributed by atoms with E-state index in [-0.39, 0.29) is 11.8 Å². The Morgan fingerprint density at radius 1 is 1.14 bits per heavy atom. The van der Waals surface area contributed by atoms with Crippen LogP contribution in [0.2, 0.25) is 0 Å². The van der Waals surface area contributed by atoms with Crippen molar-refractivity contribution in [1.82, 2.24) is 10.3 Å². The molecule has 1 aromatic carbocycles. The minimum absolute atomic E-state index is 0.147. The van der Waals surface area contributed by atoms with Crippen LogP contribution in [0.4, 0.5) is 5.69 Å². The maximum Gasteiger partial charge on any atom is 0.227 e. The fourth-order valence-corrected chi connectivity index (χ4v) is 2.19. The number of nitrogens with zero attached hydrogens (tertiary/aromatic N) is 1. The van der Waals surface area contributed by atoms with Gasteiger partial charge in [-0.3, -0.25) is 9.78 Å². The summed E-state index contributed by atoms with van der Waals surface area (Å²) in [5.74, 6) is 0.379. The Balaban J connectivity index is 1.52. The van der Waals surface area contributed by atoms with E-state index >= 15 is 0 Å². The fourth-order valence-electron chi connectivity index (χ4n) is 2.19. The molecule has 4 nitrogen and oxygen atoms in total. The van der Waals surface area contributed by atoms with Gasteiger partial charge in [-0.25, -0.2) is 0 Å². The van der Waals surface area contributed by atoms with E-state index in [1.54, 1.807) is 6.20 Å². The molecule has 0 spiro atoms. The summed E-state index contributed by atoms with van der Waals surface area (Å²) in [7, 11) is 0. The molecule has 1 aliphatic carbocycles. The van der Waals surface area contributed by atoms with Crippen molar-refractivity contribution >= 4 is 11.6 Å². The monoisotopic (exact) mass is 281 g/mol. The number of amides is 1. The van der Waals surface area contributed by atoms with Crippen LogP contribution in [0.1, 0.15) is 24.1 Å². The molecule has 0 atom stereocenters. The topological polar surface area (TPSA) is 54.0 Å². The summed E-state index contributed by atoms with van der Waals surface area (Å²) >= 11 is 0. The molecule has 0 unspecified atom stereocenters. The lowest BCUT2D eigenvalue weighted by Crippen LogP contribution is -2.15. The molecule has 1 aliphatic rings. The number of rotatable bonds is 6. The van der Waals surface area contributed by atoms with E-state index in [4.69, 9.17) is 0 Å². The van der Waals surface area contributed by atoms with Gasteiger partial charge in [-0.05, 0) is 42.7 Å². The van der Waals surface area contributed by atoms with E-state index in [1.807, 2.05) is 36.4 Å². The molecular formula is C17H19N3O. The first-order valence-electron chi connectivity index (χ1n) is 7.32. The molecule has 3 rings (SSSR count). The third-order valence-electron chi connectivity index (χ3n) is 3.50. The lowest BCUT2D eigenvalue weighted by atomic mass is 10.2. The van der Waals surface area contributed by atoms with E-state index in [0.29, 0.717) is 0 Å². The average molecular weight is 281 g/mol. The number of nitrogens with one attached hydrogen (secondary N) is 2. The van der Waals surface area contributed by atoms with Gasteiger partial charge in [0.05, 0.1) is 5.69 Å². The maximum absolute atomic E-state index is 11.8. The zero-order chi connectivity index (χ0) is 14.5. The van der Waals surface area contributed by atoms with Gasteiger partial charge in [0.15, 0.2) is 0 Å². The Morgan fingerprint density at radius 3 is 2.81 bits per heavy atom. The number of pyridine rings is 1. The summed E-state index contributed by atoms with van der Waals surface area (Å²) in [6.45, 7) is 1.49. The van der Waals surface area contributed by atoms with E-state index < -0.39 is 0 Å². The predicted octanol–water partition coefficient (Wildman–Crippen LogP) is 2.72. The number of hydrogen-bond acceptors (Lipinski definition) is 3. The lowest BCUT2D eigenvalue weighted by Gasteiger charge is -2.08. The van der Waals surface area contributed by atoms with E-state index in [9.17, 15) is 4.79 Å². The number of carbonyl (C=O) groups is 1. The van der Waals surface area contributed by atoms with Gasteiger partial charge in [0.25, 0.3) is 0 Å². The SMILES string of the molecule is O=C(Nc1cccc(CNCc2ccccn2)c1)C1CC1. The lowest BCUT2D eigenvalue weighted by molar-refractivity contribution is -0.117. The number of hydrogen-bond donors (Lipinski definition) is 2. The van der Waals surface area contributed by atoms with E-state index in [1.165, 1.54) is 0 Å². The highest BCUT2D eigenvalue weighted by Gasteiger charge is 2.29. The van der Waals surface area contributed by atoms with Gasteiger partial charge in [-0.1, -0.05) is 18.2 Å². The van der Waals surface area contributed by atoms with Crippen LogP contribution in [-0.2, 0) is 17.9 Å². The third kappa shape index (κ3) is 4.13. The Morgan fingerprint density at radius 2 is 2.05 bits per heavy atom. The minimum atomic E-state index is 0.147. The highest BCUT2D eigenvalue weighted by atomic mass is 16.2. The van der Waals surface area contributed by atoms with Crippen LogP contribution in [-0.4, -0.2) is 10.9 Å². The molecule has 1 saturated carbocycles. The Kier molecular flexibility index (Phi) is 4.26. The predicted molar refractivity (Wildman–Crippen MR) is 82.6 cm³/mol. The smallest absolute Gasteiger partial charge is 0.227 e. The second-order valence-corrected chi connectivity index (χ2v) is 5.39. The number of benzene rings is 1. The Labute approximate surface area is 124 Å². The van der Waals surface area contributed by atoms with Gasteiger partial charge in [0.1, 0.15) is 0 Å². The third-order valence-corrected chi connectivity index (χ3v) is 3.50. The summed E-state index contributed by atoms with van der Waals surface area (Å²) in [4.78, 5) is 16.0. The van der Waals surface area contributed by atoms with Gasteiger partial charge in [-0.15, -0.1) is 0 Å². The first-order chi connectivity index (χ1) is 10.3. The summed E-state index contributed by atoms with van der Waals surface area (Å²) in [5, 5.41) is 6.33. The Hall–Kier alpha value is -2.20. The second-order valence-electron chi connectivity index (χ2n) is 5.39. The summed E-state index contributed by atoms with van der Waals surface area (Å²) in [5.41, 5.74) is 3.05. The van der Waals surface area contributed by atoms with Crippen molar-refractivity contribution in [2.45, 2.75) is 25.9 Å². The standard InChI is InChI=1S/C17H19N3O/c21-17(14-7-8-14)20-15-6-3-4-13(10-15)11-18-12-16-5-1-2-9-19-16/h1-6,9-10,14,18H,7-8,11-12H2,(H,20,21). The summed E-state index contributed by atoms with van der Waals surface area (Å²) in [6, 6.07) is 13.9.